The van der Waals surface area contributed by atoms with Crippen molar-refractivity contribution in [2.45, 2.75) is 58.6 Å². The summed E-state index contributed by atoms with van der Waals surface area (Å²) in [4.78, 5) is 24.3. The highest BCUT2D eigenvalue weighted by Crippen LogP contribution is 2.28. The standard InChI is InChI=1S/C24H32ClN7O2Si/c1-17-13-27-28-15-20(17)22-29-24(32(30-22)16-34-10-11-35(2,3)4)31-9-5-6-19(23(31)33)12-18-7-8-21(25)26-14-18/h7-8,13-15,19H,5-6,9-12,16H2,1-4H3. The van der Waals surface area contributed by atoms with Gasteiger partial charge in [0.05, 0.1) is 12.4 Å². The smallest absolute Gasteiger partial charge is 0.233 e. The summed E-state index contributed by atoms with van der Waals surface area (Å²) < 4.78 is 7.68. The average Bonchev–Trinajstić information content (AvgIpc) is 3.23. The molecule has 0 aromatic carbocycles. The van der Waals surface area contributed by atoms with Gasteiger partial charge in [-0.25, -0.2) is 9.67 Å². The molecule has 0 aliphatic carbocycles. The van der Waals surface area contributed by atoms with E-state index in [9.17, 15) is 4.79 Å². The average molecular weight is 514 g/mol. The number of hydrogen-bond donors (Lipinski definition) is 0. The summed E-state index contributed by atoms with van der Waals surface area (Å²) in [5.74, 6) is 0.904. The number of halogens is 1. The summed E-state index contributed by atoms with van der Waals surface area (Å²) in [5.41, 5.74) is 2.70. The van der Waals surface area contributed by atoms with Crippen LogP contribution in [0.5, 0.6) is 0 Å². The van der Waals surface area contributed by atoms with Crippen LogP contribution in [0.1, 0.15) is 24.0 Å². The number of hydrogen-bond acceptors (Lipinski definition) is 7. The van der Waals surface area contributed by atoms with Crippen LogP contribution in [0.3, 0.4) is 0 Å². The van der Waals surface area contributed by atoms with E-state index in [0.717, 1.165) is 35.6 Å². The Labute approximate surface area is 211 Å². The Hall–Kier alpha value is -2.69. The lowest BCUT2D eigenvalue weighted by molar-refractivity contribution is -0.123. The minimum absolute atomic E-state index is 0.0399. The third-order valence-electron chi connectivity index (χ3n) is 6.09. The SMILES string of the molecule is Cc1cnncc1-c1nc(N2CCCC(Cc3ccc(Cl)nc3)C2=O)n(COCC[Si](C)(C)C)n1. The Balaban J connectivity index is 1.58. The Bertz CT molecular complexity index is 1160. The van der Waals surface area contributed by atoms with Crippen LogP contribution in [0.25, 0.3) is 11.4 Å². The van der Waals surface area contributed by atoms with Gasteiger partial charge in [-0.1, -0.05) is 37.3 Å². The second-order valence-electron chi connectivity index (χ2n) is 10.2. The van der Waals surface area contributed by atoms with E-state index in [2.05, 4.69) is 34.8 Å². The molecule has 1 unspecified atom stereocenters. The summed E-state index contributed by atoms with van der Waals surface area (Å²) >= 11 is 5.92. The molecule has 1 atom stereocenters. The van der Waals surface area contributed by atoms with Crippen LogP contribution in [-0.4, -0.2) is 57.1 Å². The fourth-order valence-electron chi connectivity index (χ4n) is 4.03. The molecular weight excluding hydrogens is 482 g/mol. The molecule has 3 aromatic rings. The van der Waals surface area contributed by atoms with Crippen molar-refractivity contribution in [2.24, 2.45) is 5.92 Å². The lowest BCUT2D eigenvalue weighted by Gasteiger charge is -2.31. The molecule has 1 saturated heterocycles. The minimum Gasteiger partial charge on any atom is -0.359 e. The van der Waals surface area contributed by atoms with Gasteiger partial charge in [0.1, 0.15) is 11.9 Å². The third kappa shape index (κ3) is 6.50. The van der Waals surface area contributed by atoms with Crippen molar-refractivity contribution in [1.82, 2.24) is 29.9 Å². The first-order valence-electron chi connectivity index (χ1n) is 11.9. The first-order valence-corrected chi connectivity index (χ1v) is 16.0. The van der Waals surface area contributed by atoms with Gasteiger partial charge in [0.15, 0.2) is 5.82 Å². The van der Waals surface area contributed by atoms with E-state index in [0.29, 0.717) is 36.5 Å². The van der Waals surface area contributed by atoms with E-state index >= 15 is 0 Å². The molecule has 1 aliphatic heterocycles. The van der Waals surface area contributed by atoms with E-state index in [4.69, 9.17) is 26.4 Å². The van der Waals surface area contributed by atoms with Crippen molar-refractivity contribution in [3.05, 3.63) is 47.0 Å². The molecule has 11 heteroatoms. The number of aromatic nitrogens is 6. The minimum atomic E-state index is -1.22. The van der Waals surface area contributed by atoms with Crippen LogP contribution in [-0.2, 0) is 22.7 Å². The number of rotatable bonds is 9. The number of anilines is 1. The molecule has 0 spiro atoms. The number of aryl methyl sites for hydroxylation is 1. The Morgan fingerprint density at radius 3 is 2.69 bits per heavy atom. The zero-order valence-corrected chi connectivity index (χ0v) is 22.5. The first-order chi connectivity index (χ1) is 16.7. The molecular formula is C24H32ClN7O2Si. The lowest BCUT2D eigenvalue weighted by atomic mass is 9.91. The Kier molecular flexibility index (Phi) is 7.93. The molecule has 1 aliphatic rings. The van der Waals surface area contributed by atoms with Crippen molar-refractivity contribution in [2.75, 3.05) is 18.1 Å². The molecule has 186 valence electrons. The number of piperidine rings is 1. The Morgan fingerprint density at radius 2 is 1.97 bits per heavy atom. The van der Waals surface area contributed by atoms with E-state index in [1.165, 1.54) is 0 Å². The van der Waals surface area contributed by atoms with Gasteiger partial charge >= 0.3 is 0 Å². The monoisotopic (exact) mass is 513 g/mol. The third-order valence-corrected chi connectivity index (χ3v) is 8.02. The van der Waals surface area contributed by atoms with Crippen LogP contribution in [0.2, 0.25) is 30.8 Å². The highest BCUT2D eigenvalue weighted by molar-refractivity contribution is 6.76. The molecule has 4 rings (SSSR count). The largest absolute Gasteiger partial charge is 0.359 e. The van der Waals surface area contributed by atoms with Gasteiger partial charge < -0.3 is 4.74 Å². The van der Waals surface area contributed by atoms with Crippen LogP contribution >= 0.6 is 11.6 Å². The number of pyridine rings is 1. The van der Waals surface area contributed by atoms with Crippen LogP contribution in [0.15, 0.2) is 30.7 Å². The fraction of sp³-hybridized carbons (Fsp3) is 0.500. The molecule has 0 radical (unpaired) electrons. The molecule has 1 fully saturated rings. The number of carbonyl (C=O) groups excluding carboxylic acids is 1. The van der Waals surface area contributed by atoms with Crippen LogP contribution in [0.4, 0.5) is 5.95 Å². The number of nitrogens with zero attached hydrogens (tertiary/aromatic N) is 7. The van der Waals surface area contributed by atoms with Gasteiger partial charge in [-0.3, -0.25) is 9.69 Å². The van der Waals surface area contributed by atoms with Gasteiger partial charge in [0, 0.05) is 38.9 Å². The van der Waals surface area contributed by atoms with Gasteiger partial charge in [-0.2, -0.15) is 15.2 Å². The van der Waals surface area contributed by atoms with Gasteiger partial charge in [-0.05, 0) is 49.4 Å². The summed E-state index contributed by atoms with van der Waals surface area (Å²) in [5, 5.41) is 13.1. The molecule has 0 N–H and O–H groups in total. The van der Waals surface area contributed by atoms with Crippen molar-refractivity contribution in [1.29, 1.82) is 0 Å². The zero-order chi connectivity index (χ0) is 25.0. The second kappa shape index (κ2) is 10.9. The zero-order valence-electron chi connectivity index (χ0n) is 20.7. The number of ether oxygens (including phenoxy) is 1. The highest BCUT2D eigenvalue weighted by Gasteiger charge is 2.33. The molecule has 0 saturated carbocycles. The van der Waals surface area contributed by atoms with Gasteiger partial charge in [0.2, 0.25) is 11.9 Å². The van der Waals surface area contributed by atoms with Crippen LogP contribution < -0.4 is 4.90 Å². The molecule has 3 aromatic heterocycles. The molecule has 0 bridgehead atoms. The molecule has 4 heterocycles. The summed E-state index contributed by atoms with van der Waals surface area (Å²) in [6.45, 7) is 10.4. The number of carbonyl (C=O) groups is 1. The summed E-state index contributed by atoms with van der Waals surface area (Å²) in [7, 11) is -1.22. The van der Waals surface area contributed by atoms with Crippen molar-refractivity contribution >= 4 is 31.5 Å². The quantitative estimate of drug-likeness (QED) is 0.237. The fourth-order valence-corrected chi connectivity index (χ4v) is 4.90. The van der Waals surface area contributed by atoms with Crippen molar-refractivity contribution in [3.63, 3.8) is 0 Å². The van der Waals surface area contributed by atoms with E-state index in [1.807, 2.05) is 13.0 Å². The second-order valence-corrected chi connectivity index (χ2v) is 16.2. The van der Waals surface area contributed by atoms with Crippen molar-refractivity contribution < 1.29 is 9.53 Å². The van der Waals surface area contributed by atoms with E-state index in [-0.39, 0.29) is 18.6 Å². The van der Waals surface area contributed by atoms with E-state index < -0.39 is 8.07 Å². The van der Waals surface area contributed by atoms with E-state index in [1.54, 1.807) is 34.2 Å². The maximum Gasteiger partial charge on any atom is 0.233 e. The van der Waals surface area contributed by atoms with Gasteiger partial charge in [-0.15, -0.1) is 5.10 Å². The lowest BCUT2D eigenvalue weighted by Crippen LogP contribution is -2.43. The predicted molar refractivity (Wildman–Crippen MR) is 138 cm³/mol. The van der Waals surface area contributed by atoms with Gasteiger partial charge in [0.25, 0.3) is 0 Å². The normalized spacial score (nSPS) is 16.7. The maximum atomic E-state index is 13.6. The molecule has 35 heavy (non-hydrogen) atoms. The highest BCUT2D eigenvalue weighted by atomic mass is 35.5. The molecule has 1 amide bonds. The predicted octanol–water partition coefficient (Wildman–Crippen LogP) is 4.39. The maximum absolute atomic E-state index is 13.6. The Morgan fingerprint density at radius 1 is 1.17 bits per heavy atom. The number of amides is 1. The summed E-state index contributed by atoms with van der Waals surface area (Å²) in [6, 6.07) is 4.73. The molecule has 9 nitrogen and oxygen atoms in total. The van der Waals surface area contributed by atoms with Crippen LogP contribution in [0, 0.1) is 12.8 Å². The topological polar surface area (TPSA) is 98.9 Å². The summed E-state index contributed by atoms with van der Waals surface area (Å²) in [6.07, 6.45) is 7.38. The first kappa shape index (κ1) is 25.4. The van der Waals surface area contributed by atoms with Crippen molar-refractivity contribution in [3.8, 4) is 11.4 Å².